The highest BCUT2D eigenvalue weighted by molar-refractivity contribution is 6.02. The first-order chi connectivity index (χ1) is 16.4. The van der Waals surface area contributed by atoms with Gasteiger partial charge in [-0.05, 0) is 12.1 Å². The molecule has 3 heterocycles. The van der Waals surface area contributed by atoms with Gasteiger partial charge in [-0.15, -0.1) is 0 Å². The van der Waals surface area contributed by atoms with Gasteiger partial charge in [-0.2, -0.15) is 0 Å². The van der Waals surface area contributed by atoms with E-state index in [0.717, 1.165) is 37.5 Å². The Morgan fingerprint density at radius 2 is 1.85 bits per heavy atom. The largest absolute Gasteiger partial charge is 0.351 e. The molecule has 0 radical (unpaired) electrons. The van der Waals surface area contributed by atoms with Gasteiger partial charge in [0.25, 0.3) is 11.5 Å². The molecule has 0 fully saturated rings. The van der Waals surface area contributed by atoms with E-state index in [0.29, 0.717) is 5.56 Å². The number of urea groups is 1. The first-order valence-corrected chi connectivity index (χ1v) is 10.2. The smallest absolute Gasteiger partial charge is 0.328 e. The topological polar surface area (TPSA) is 170 Å². The molecule has 0 aliphatic carbocycles. The summed E-state index contributed by atoms with van der Waals surface area (Å²) in [5.74, 6) is 4.81. The van der Waals surface area contributed by atoms with E-state index in [9.17, 15) is 19.2 Å². The van der Waals surface area contributed by atoms with Crippen molar-refractivity contribution in [3.8, 4) is 11.8 Å². The highest BCUT2D eigenvalue weighted by Gasteiger charge is 2.19. The number of rotatable bonds is 4. The Kier molecular flexibility index (Phi) is 6.16. The van der Waals surface area contributed by atoms with Crippen LogP contribution in [0.2, 0.25) is 0 Å². The summed E-state index contributed by atoms with van der Waals surface area (Å²) in [6, 6.07) is 8.46. The molecule has 0 unspecified atom stereocenters. The zero-order chi connectivity index (χ0) is 24.2. The fraction of sp³-hybridized carbons (Fsp3) is 0.130. The average molecular weight is 457 g/mol. The van der Waals surface area contributed by atoms with E-state index in [2.05, 4.69) is 26.8 Å². The molecule has 11 heteroatoms. The maximum Gasteiger partial charge on any atom is 0.328 e. The monoisotopic (exact) mass is 457 g/mol. The zero-order valence-corrected chi connectivity index (χ0v) is 17.8. The molecule has 11 nitrogen and oxygen atoms in total. The number of primary amides is 1. The third-order valence-electron chi connectivity index (χ3n) is 5.00. The lowest BCUT2D eigenvalue weighted by atomic mass is 10.1. The fourth-order valence-corrected chi connectivity index (χ4v) is 3.38. The Hall–Kier alpha value is -4.82. The maximum absolute atomic E-state index is 12.4. The Balaban J connectivity index is 1.66. The lowest BCUT2D eigenvalue weighted by Crippen LogP contribution is -2.46. The van der Waals surface area contributed by atoms with E-state index in [1.807, 2.05) is 30.3 Å². The summed E-state index contributed by atoms with van der Waals surface area (Å²) >= 11 is 0. The number of hydrogen-bond donors (Lipinski definition) is 3. The van der Waals surface area contributed by atoms with Crippen LogP contribution in [0.3, 0.4) is 0 Å². The molecule has 0 atom stereocenters. The van der Waals surface area contributed by atoms with Gasteiger partial charge in [-0.25, -0.2) is 9.59 Å². The van der Waals surface area contributed by atoms with Gasteiger partial charge in [-0.1, -0.05) is 30.0 Å². The molecule has 170 valence electrons. The number of carbonyl (C=O) groups excluding carboxylic acids is 2. The molecule has 0 aliphatic rings. The minimum absolute atomic E-state index is 0.0115. The molecule has 3 aromatic heterocycles. The summed E-state index contributed by atoms with van der Waals surface area (Å²) in [5, 5.41) is 1.79. The number of aromatic nitrogens is 4. The molecule has 1 aromatic carbocycles. The second kappa shape index (κ2) is 9.35. The number of carbonyl (C=O) groups is 2. The molecule has 34 heavy (non-hydrogen) atoms. The normalized spacial score (nSPS) is 10.6. The van der Waals surface area contributed by atoms with Crippen LogP contribution in [0.15, 0.2) is 58.5 Å². The Bertz CT molecular complexity index is 1610. The van der Waals surface area contributed by atoms with Crippen LogP contribution in [-0.4, -0.2) is 49.4 Å². The van der Waals surface area contributed by atoms with Gasteiger partial charge >= 0.3 is 11.7 Å². The Labute approximate surface area is 192 Å². The molecular formula is C23H19N7O4. The maximum atomic E-state index is 12.4. The lowest BCUT2D eigenvalue weighted by Gasteiger charge is -2.17. The molecule has 0 aliphatic heterocycles. The van der Waals surface area contributed by atoms with Crippen LogP contribution in [0.4, 0.5) is 4.79 Å². The third kappa shape index (κ3) is 4.52. The quantitative estimate of drug-likeness (QED) is 0.284. The van der Waals surface area contributed by atoms with E-state index in [4.69, 9.17) is 11.5 Å². The first-order valence-electron chi connectivity index (χ1n) is 10.2. The van der Waals surface area contributed by atoms with Crippen LogP contribution in [0, 0.1) is 11.8 Å². The summed E-state index contributed by atoms with van der Waals surface area (Å²) in [6.45, 7) is -0.610. The summed E-state index contributed by atoms with van der Waals surface area (Å²) in [5.41, 5.74) is 11.0. The first kappa shape index (κ1) is 22.4. The zero-order valence-electron chi connectivity index (χ0n) is 17.8. The van der Waals surface area contributed by atoms with Crippen molar-refractivity contribution >= 4 is 33.7 Å². The number of hydrogen-bond acceptors (Lipinski definition) is 7. The second-order valence-corrected chi connectivity index (χ2v) is 7.29. The van der Waals surface area contributed by atoms with Gasteiger partial charge < -0.3 is 11.5 Å². The van der Waals surface area contributed by atoms with Crippen LogP contribution in [0.1, 0.15) is 11.1 Å². The van der Waals surface area contributed by atoms with Gasteiger partial charge in [-0.3, -0.25) is 34.0 Å². The minimum atomic E-state index is -0.986. The summed E-state index contributed by atoms with van der Waals surface area (Å²) in [6.07, 6.45) is 4.41. The van der Waals surface area contributed by atoms with Crippen LogP contribution >= 0.6 is 0 Å². The lowest BCUT2D eigenvalue weighted by molar-refractivity contribution is -0.128. The standard InChI is InChI=1S/C23H19N7O4/c24-7-9-30(22(25)33)18(31)13-29-12-17(21(32)28-23(29)34)4-3-14-10-16-6-5-15-2-1-8-26-19(15)20(16)27-11-14/h1-2,5-6,8,10-12H,7,9,13,24H2,(H2,25,33)(H,28,32,34). The summed E-state index contributed by atoms with van der Waals surface area (Å²) in [7, 11) is 0. The summed E-state index contributed by atoms with van der Waals surface area (Å²) in [4.78, 5) is 59.8. The molecule has 0 bridgehead atoms. The number of nitrogens with zero attached hydrogens (tertiary/aromatic N) is 4. The Morgan fingerprint density at radius 3 is 2.62 bits per heavy atom. The molecule has 0 saturated heterocycles. The van der Waals surface area contributed by atoms with Gasteiger partial charge in [0.05, 0.1) is 11.0 Å². The van der Waals surface area contributed by atoms with Crippen molar-refractivity contribution in [2.24, 2.45) is 11.5 Å². The molecule has 3 amide bonds. The van der Waals surface area contributed by atoms with Crippen molar-refractivity contribution in [1.29, 1.82) is 0 Å². The number of amides is 3. The van der Waals surface area contributed by atoms with Crippen molar-refractivity contribution < 1.29 is 9.59 Å². The predicted octanol–water partition coefficient (Wildman–Crippen LogP) is -0.101. The third-order valence-corrected chi connectivity index (χ3v) is 5.00. The highest BCUT2D eigenvalue weighted by atomic mass is 16.2. The average Bonchev–Trinajstić information content (AvgIpc) is 2.82. The van der Waals surface area contributed by atoms with Crippen molar-refractivity contribution in [2.75, 3.05) is 13.1 Å². The summed E-state index contributed by atoms with van der Waals surface area (Å²) < 4.78 is 0.941. The number of fused-ring (bicyclic) bond motifs is 3. The number of nitrogens with two attached hydrogens (primary N) is 2. The van der Waals surface area contributed by atoms with Gasteiger partial charge in [0.2, 0.25) is 0 Å². The molecule has 4 rings (SSSR count). The molecule has 0 saturated carbocycles. The van der Waals surface area contributed by atoms with Crippen LogP contribution in [0.5, 0.6) is 0 Å². The number of nitrogens with one attached hydrogen (secondary N) is 1. The number of aromatic amines is 1. The molecular weight excluding hydrogens is 438 g/mol. The van der Waals surface area contributed by atoms with Crippen molar-refractivity contribution in [2.45, 2.75) is 6.54 Å². The molecule has 0 spiro atoms. The number of pyridine rings is 2. The number of benzene rings is 1. The van der Waals surface area contributed by atoms with E-state index < -0.39 is 29.7 Å². The van der Waals surface area contributed by atoms with E-state index in [-0.39, 0.29) is 18.7 Å². The highest BCUT2D eigenvalue weighted by Crippen LogP contribution is 2.22. The predicted molar refractivity (Wildman–Crippen MR) is 125 cm³/mol. The fourth-order valence-electron chi connectivity index (χ4n) is 3.38. The van der Waals surface area contributed by atoms with Gasteiger partial charge in [0.1, 0.15) is 12.1 Å². The molecule has 5 N–H and O–H groups in total. The molecule has 4 aromatic rings. The van der Waals surface area contributed by atoms with Crippen LogP contribution in [-0.2, 0) is 11.3 Å². The second-order valence-electron chi connectivity index (χ2n) is 7.29. The van der Waals surface area contributed by atoms with Gasteiger partial charge in [0, 0.05) is 48.0 Å². The Morgan fingerprint density at radius 1 is 1.09 bits per heavy atom. The van der Waals surface area contributed by atoms with E-state index >= 15 is 0 Å². The van der Waals surface area contributed by atoms with E-state index in [1.165, 1.54) is 0 Å². The minimum Gasteiger partial charge on any atom is -0.351 e. The number of imide groups is 1. The van der Waals surface area contributed by atoms with Crippen molar-refractivity contribution in [3.05, 3.63) is 80.9 Å². The van der Waals surface area contributed by atoms with Crippen LogP contribution < -0.4 is 22.7 Å². The van der Waals surface area contributed by atoms with Gasteiger partial charge in [0.15, 0.2) is 0 Å². The number of H-pyrrole nitrogens is 1. The van der Waals surface area contributed by atoms with Crippen LogP contribution in [0.25, 0.3) is 21.8 Å². The van der Waals surface area contributed by atoms with Crippen molar-refractivity contribution in [3.63, 3.8) is 0 Å². The SMILES string of the molecule is NCCN(C(N)=O)C(=O)Cn1cc(C#Cc2cnc3c(ccc4cccnc43)c2)c(=O)[nH]c1=O. The van der Waals surface area contributed by atoms with Crippen molar-refractivity contribution in [1.82, 2.24) is 24.4 Å². The van der Waals surface area contributed by atoms with E-state index in [1.54, 1.807) is 12.4 Å².